The zero-order valence-corrected chi connectivity index (χ0v) is 20.7. The highest BCUT2D eigenvalue weighted by molar-refractivity contribution is 5.83. The highest BCUT2D eigenvalue weighted by Crippen LogP contribution is 2.59. The van der Waals surface area contributed by atoms with E-state index in [0.717, 1.165) is 69.7 Å². The highest BCUT2D eigenvalue weighted by atomic mass is 16.7. The number of hydrogen-bond donors (Lipinski definition) is 1. The fourth-order valence-corrected chi connectivity index (χ4v) is 6.31. The number of likely N-dealkylation sites (tertiary alicyclic amines) is 1. The SMILES string of the molecule is O=C(NCC1(c2ccccc2)CCOCC1)[C@@H]1CC12CCN(C(=O)Cc1ccc3c(c1)OCO3)CC2. The zero-order valence-electron chi connectivity index (χ0n) is 20.7. The molecule has 1 spiro atoms. The molecule has 2 aromatic rings. The lowest BCUT2D eigenvalue weighted by Crippen LogP contribution is -2.46. The Kier molecular flexibility index (Phi) is 6.12. The van der Waals surface area contributed by atoms with Crippen LogP contribution in [0.3, 0.4) is 0 Å². The van der Waals surface area contributed by atoms with Crippen LogP contribution in [0.5, 0.6) is 11.5 Å². The summed E-state index contributed by atoms with van der Waals surface area (Å²) in [6.45, 7) is 3.79. The molecule has 2 aromatic carbocycles. The average molecular weight is 491 g/mol. The Morgan fingerprint density at radius 3 is 2.47 bits per heavy atom. The van der Waals surface area contributed by atoms with Crippen molar-refractivity contribution < 1.29 is 23.8 Å². The Bertz CT molecular complexity index is 1120. The van der Waals surface area contributed by atoms with E-state index in [9.17, 15) is 9.59 Å². The van der Waals surface area contributed by atoms with Gasteiger partial charge in [-0.05, 0) is 60.8 Å². The third-order valence-electron chi connectivity index (χ3n) is 8.85. The van der Waals surface area contributed by atoms with Crippen molar-refractivity contribution >= 4 is 11.8 Å². The quantitative estimate of drug-likeness (QED) is 0.671. The maximum Gasteiger partial charge on any atom is 0.231 e. The Labute approximate surface area is 212 Å². The summed E-state index contributed by atoms with van der Waals surface area (Å²) in [7, 11) is 0. The van der Waals surface area contributed by atoms with Crippen LogP contribution >= 0.6 is 0 Å². The van der Waals surface area contributed by atoms with Crippen molar-refractivity contribution in [3.8, 4) is 11.5 Å². The van der Waals surface area contributed by atoms with Crippen LogP contribution in [0.4, 0.5) is 0 Å². The van der Waals surface area contributed by atoms with Crippen LogP contribution in [0.1, 0.15) is 43.2 Å². The molecule has 1 aliphatic carbocycles. The molecule has 3 heterocycles. The average Bonchev–Trinajstić information content (AvgIpc) is 3.41. The third-order valence-corrected chi connectivity index (χ3v) is 8.85. The normalized spacial score (nSPS) is 23.3. The number of piperidine rings is 1. The number of carbonyl (C=O) groups is 2. The summed E-state index contributed by atoms with van der Waals surface area (Å²) < 4.78 is 16.4. The molecule has 2 amide bonds. The predicted molar refractivity (Wildman–Crippen MR) is 134 cm³/mol. The van der Waals surface area contributed by atoms with E-state index in [1.165, 1.54) is 5.56 Å². The van der Waals surface area contributed by atoms with Crippen LogP contribution < -0.4 is 14.8 Å². The molecule has 1 saturated carbocycles. The summed E-state index contributed by atoms with van der Waals surface area (Å²) in [5.41, 5.74) is 2.23. The van der Waals surface area contributed by atoms with E-state index in [0.29, 0.717) is 18.7 Å². The Morgan fingerprint density at radius 2 is 1.69 bits per heavy atom. The second kappa shape index (κ2) is 9.43. The molecule has 0 aromatic heterocycles. The van der Waals surface area contributed by atoms with Crippen LogP contribution in [0.15, 0.2) is 48.5 Å². The molecule has 7 heteroatoms. The van der Waals surface area contributed by atoms with Crippen LogP contribution in [0.25, 0.3) is 0 Å². The second-order valence-electron chi connectivity index (χ2n) is 10.8. The first kappa shape index (κ1) is 23.3. The first-order valence-electron chi connectivity index (χ1n) is 13.1. The summed E-state index contributed by atoms with van der Waals surface area (Å²) in [6, 6.07) is 16.2. The minimum atomic E-state index is -0.0538. The van der Waals surface area contributed by atoms with Gasteiger partial charge in [-0.2, -0.15) is 0 Å². The van der Waals surface area contributed by atoms with Crippen molar-refractivity contribution in [3.63, 3.8) is 0 Å². The molecular formula is C29H34N2O5. The van der Waals surface area contributed by atoms with E-state index < -0.39 is 0 Å². The number of carbonyl (C=O) groups excluding carboxylic acids is 2. The number of benzene rings is 2. The second-order valence-corrected chi connectivity index (χ2v) is 10.8. The summed E-state index contributed by atoms with van der Waals surface area (Å²) >= 11 is 0. The molecule has 190 valence electrons. The predicted octanol–water partition coefficient (Wildman–Crippen LogP) is 3.45. The van der Waals surface area contributed by atoms with Gasteiger partial charge < -0.3 is 24.4 Å². The Balaban J connectivity index is 1.01. The molecule has 36 heavy (non-hydrogen) atoms. The van der Waals surface area contributed by atoms with E-state index in [2.05, 4.69) is 29.6 Å². The van der Waals surface area contributed by atoms with E-state index in [1.54, 1.807) is 0 Å². The van der Waals surface area contributed by atoms with Gasteiger partial charge in [0.2, 0.25) is 18.6 Å². The van der Waals surface area contributed by atoms with Crippen LogP contribution in [0, 0.1) is 11.3 Å². The van der Waals surface area contributed by atoms with Crippen LogP contribution in [-0.4, -0.2) is 56.4 Å². The molecule has 0 radical (unpaired) electrons. The molecule has 2 saturated heterocycles. The van der Waals surface area contributed by atoms with Gasteiger partial charge in [0.05, 0.1) is 6.42 Å². The number of nitrogens with zero attached hydrogens (tertiary/aromatic N) is 1. The minimum Gasteiger partial charge on any atom is -0.454 e. The summed E-state index contributed by atoms with van der Waals surface area (Å²) in [4.78, 5) is 28.1. The van der Waals surface area contributed by atoms with Crippen molar-refractivity contribution in [3.05, 3.63) is 59.7 Å². The molecular weight excluding hydrogens is 456 g/mol. The van der Waals surface area contributed by atoms with Crippen molar-refractivity contribution in [2.45, 2.75) is 43.9 Å². The largest absolute Gasteiger partial charge is 0.454 e. The molecule has 1 N–H and O–H groups in total. The number of hydrogen-bond acceptors (Lipinski definition) is 5. The molecule has 6 rings (SSSR count). The zero-order chi connectivity index (χ0) is 24.6. The number of amides is 2. The van der Waals surface area contributed by atoms with E-state index in [-0.39, 0.29) is 35.4 Å². The van der Waals surface area contributed by atoms with Gasteiger partial charge in [-0.3, -0.25) is 9.59 Å². The molecule has 3 fully saturated rings. The first-order valence-corrected chi connectivity index (χ1v) is 13.1. The van der Waals surface area contributed by atoms with Crippen molar-refractivity contribution in [2.75, 3.05) is 39.6 Å². The monoisotopic (exact) mass is 490 g/mol. The lowest BCUT2D eigenvalue weighted by atomic mass is 9.74. The summed E-state index contributed by atoms with van der Waals surface area (Å²) in [6.07, 6.45) is 4.94. The Morgan fingerprint density at radius 1 is 0.944 bits per heavy atom. The molecule has 7 nitrogen and oxygen atoms in total. The van der Waals surface area contributed by atoms with Crippen LogP contribution in [-0.2, 0) is 26.2 Å². The minimum absolute atomic E-state index is 0.0538. The number of ether oxygens (including phenoxy) is 3. The summed E-state index contributed by atoms with van der Waals surface area (Å²) in [5.74, 6) is 1.82. The smallest absolute Gasteiger partial charge is 0.231 e. The fraction of sp³-hybridized carbons (Fsp3) is 0.517. The van der Waals surface area contributed by atoms with E-state index in [4.69, 9.17) is 14.2 Å². The number of rotatable bonds is 6. The molecule has 1 atom stereocenters. The topological polar surface area (TPSA) is 77.1 Å². The van der Waals surface area contributed by atoms with Gasteiger partial charge in [0.25, 0.3) is 0 Å². The van der Waals surface area contributed by atoms with Gasteiger partial charge in [0.15, 0.2) is 11.5 Å². The van der Waals surface area contributed by atoms with Gasteiger partial charge in [0.1, 0.15) is 0 Å². The maximum absolute atomic E-state index is 13.2. The van der Waals surface area contributed by atoms with Gasteiger partial charge in [-0.15, -0.1) is 0 Å². The summed E-state index contributed by atoms with van der Waals surface area (Å²) in [5, 5.41) is 3.32. The van der Waals surface area contributed by atoms with Crippen LogP contribution in [0.2, 0.25) is 0 Å². The van der Waals surface area contributed by atoms with E-state index in [1.807, 2.05) is 29.2 Å². The molecule has 4 aliphatic rings. The number of fused-ring (bicyclic) bond motifs is 1. The number of nitrogens with one attached hydrogen (secondary N) is 1. The van der Waals surface area contributed by atoms with Crippen molar-refractivity contribution in [1.82, 2.24) is 10.2 Å². The molecule has 0 unspecified atom stereocenters. The Hall–Kier alpha value is -3.06. The maximum atomic E-state index is 13.2. The van der Waals surface area contributed by atoms with Gasteiger partial charge in [-0.1, -0.05) is 36.4 Å². The van der Waals surface area contributed by atoms with E-state index >= 15 is 0 Å². The fourth-order valence-electron chi connectivity index (χ4n) is 6.31. The van der Waals surface area contributed by atoms with Gasteiger partial charge >= 0.3 is 0 Å². The molecule has 3 aliphatic heterocycles. The highest BCUT2D eigenvalue weighted by Gasteiger charge is 2.58. The van der Waals surface area contributed by atoms with Gasteiger partial charge in [-0.25, -0.2) is 0 Å². The standard InChI is InChI=1S/C29H34N2O5/c32-26(17-21-6-7-24-25(16-21)36-20-35-24)31-12-8-28(9-13-31)18-23(28)27(33)30-19-29(10-14-34-15-11-29)22-4-2-1-3-5-22/h1-7,16,23H,8-15,17-20H2,(H,30,33)/t23-/m0/s1. The van der Waals surface area contributed by atoms with Crippen molar-refractivity contribution in [1.29, 1.82) is 0 Å². The lowest BCUT2D eigenvalue weighted by molar-refractivity contribution is -0.132. The first-order chi connectivity index (χ1) is 17.6. The molecule has 0 bridgehead atoms. The third kappa shape index (κ3) is 4.45. The van der Waals surface area contributed by atoms with Gasteiger partial charge in [0, 0.05) is 44.2 Å². The van der Waals surface area contributed by atoms with Crippen molar-refractivity contribution in [2.24, 2.45) is 11.3 Å². The lowest BCUT2D eigenvalue weighted by Gasteiger charge is -2.38.